The van der Waals surface area contributed by atoms with Crippen molar-refractivity contribution in [1.82, 2.24) is 15.4 Å². The molecule has 11 nitrogen and oxygen atoms in total. The summed E-state index contributed by atoms with van der Waals surface area (Å²) in [6.07, 6.45) is -1.66. The van der Waals surface area contributed by atoms with Crippen LogP contribution in [-0.4, -0.2) is 53.0 Å². The standard InChI is InChI=1S/C27H27F3N6O5/c1-5-13-39-24(37)26(3,4)16-40-25(38)41-17(2)35-36-20(15-31)23(32)19-8-6-7-18(14-19)9-10-22-33-12-11-21(34-22)27(28,29)30/h5-12,14,17,32,35H,1,13,16H2,2-4H3/b10-9+,32-23?,36-20-. The van der Waals surface area contributed by atoms with E-state index in [0.29, 0.717) is 5.56 Å². The minimum atomic E-state index is -4.61. The second-order valence-corrected chi connectivity index (χ2v) is 8.90. The Kier molecular flexibility index (Phi) is 11.3. The van der Waals surface area contributed by atoms with E-state index < -0.39 is 35.6 Å². The fourth-order valence-electron chi connectivity index (χ4n) is 2.84. The summed E-state index contributed by atoms with van der Waals surface area (Å²) in [7, 11) is 0. The third kappa shape index (κ3) is 10.2. The molecule has 0 aliphatic rings. The van der Waals surface area contributed by atoms with Crippen molar-refractivity contribution in [3.05, 3.63) is 71.8 Å². The highest BCUT2D eigenvalue weighted by Crippen LogP contribution is 2.27. The molecule has 216 valence electrons. The minimum Gasteiger partial charge on any atom is -0.461 e. The molecular weight excluding hydrogens is 545 g/mol. The second kappa shape index (κ2) is 14.4. The number of nitrogens with one attached hydrogen (secondary N) is 2. The van der Waals surface area contributed by atoms with Crippen LogP contribution in [-0.2, 0) is 25.2 Å². The molecule has 1 aromatic heterocycles. The Bertz CT molecular complexity index is 1380. The largest absolute Gasteiger partial charge is 0.510 e. The molecule has 2 N–H and O–H groups in total. The number of rotatable bonds is 12. The zero-order valence-corrected chi connectivity index (χ0v) is 22.4. The van der Waals surface area contributed by atoms with Crippen molar-refractivity contribution in [1.29, 1.82) is 10.7 Å². The first kappa shape index (κ1) is 32.2. The molecule has 41 heavy (non-hydrogen) atoms. The summed E-state index contributed by atoms with van der Waals surface area (Å²) in [6, 6.07) is 8.78. The number of aromatic nitrogens is 2. The van der Waals surface area contributed by atoms with Gasteiger partial charge in [-0.05, 0) is 44.5 Å². The zero-order chi connectivity index (χ0) is 30.6. The van der Waals surface area contributed by atoms with Gasteiger partial charge in [0.05, 0.1) is 11.1 Å². The molecule has 2 aromatic rings. The lowest BCUT2D eigenvalue weighted by atomic mass is 9.95. The Balaban J connectivity index is 2.00. The van der Waals surface area contributed by atoms with Crippen LogP contribution < -0.4 is 5.43 Å². The highest BCUT2D eigenvalue weighted by molar-refractivity contribution is 6.52. The number of halogens is 3. The number of hydrazone groups is 1. The zero-order valence-electron chi connectivity index (χ0n) is 22.4. The quantitative estimate of drug-likeness (QED) is 0.120. The van der Waals surface area contributed by atoms with Crippen LogP contribution in [0.4, 0.5) is 18.0 Å². The van der Waals surface area contributed by atoms with Crippen molar-refractivity contribution in [2.24, 2.45) is 10.5 Å². The summed E-state index contributed by atoms with van der Waals surface area (Å²) in [5.41, 5.74) is 0.351. The highest BCUT2D eigenvalue weighted by Gasteiger charge is 2.33. The maximum atomic E-state index is 12.9. The Morgan fingerprint density at radius 1 is 1.24 bits per heavy atom. The lowest BCUT2D eigenvalue weighted by molar-refractivity contribution is -0.155. The van der Waals surface area contributed by atoms with Crippen LogP contribution in [0.5, 0.6) is 0 Å². The molecule has 2 rings (SSSR count). The van der Waals surface area contributed by atoms with Crippen molar-refractivity contribution >= 4 is 35.7 Å². The van der Waals surface area contributed by atoms with Gasteiger partial charge in [0.2, 0.25) is 0 Å². The van der Waals surface area contributed by atoms with Crippen LogP contribution in [0, 0.1) is 22.2 Å². The molecule has 0 aliphatic heterocycles. The van der Waals surface area contributed by atoms with E-state index in [1.165, 1.54) is 51.1 Å². The number of alkyl halides is 3. The van der Waals surface area contributed by atoms with E-state index in [4.69, 9.17) is 19.6 Å². The van der Waals surface area contributed by atoms with Crippen LogP contribution in [0.15, 0.2) is 54.3 Å². The van der Waals surface area contributed by atoms with Gasteiger partial charge in [0.25, 0.3) is 0 Å². The number of carbonyl (C=O) groups excluding carboxylic acids is 2. The van der Waals surface area contributed by atoms with E-state index in [0.717, 1.165) is 12.3 Å². The number of esters is 1. The Morgan fingerprint density at radius 3 is 2.63 bits per heavy atom. The third-order valence-corrected chi connectivity index (χ3v) is 4.97. The molecule has 0 spiro atoms. The lowest BCUT2D eigenvalue weighted by Crippen LogP contribution is -2.34. The number of hydrogen-bond donors (Lipinski definition) is 2. The normalized spacial score (nSPS) is 12.7. The van der Waals surface area contributed by atoms with E-state index in [-0.39, 0.29) is 36.0 Å². The molecule has 14 heteroatoms. The second-order valence-electron chi connectivity index (χ2n) is 8.90. The summed E-state index contributed by atoms with van der Waals surface area (Å²) in [6.45, 7) is 7.57. The average molecular weight is 573 g/mol. The monoisotopic (exact) mass is 572 g/mol. The van der Waals surface area contributed by atoms with E-state index in [9.17, 15) is 28.0 Å². The first-order valence-electron chi connectivity index (χ1n) is 11.9. The number of nitrogens with zero attached hydrogens (tertiary/aromatic N) is 4. The number of benzene rings is 1. The van der Waals surface area contributed by atoms with E-state index >= 15 is 0 Å². The molecule has 1 aromatic carbocycles. The van der Waals surface area contributed by atoms with Gasteiger partial charge in [-0.25, -0.2) is 14.8 Å². The van der Waals surface area contributed by atoms with Crippen LogP contribution >= 0.6 is 0 Å². The van der Waals surface area contributed by atoms with E-state index in [2.05, 4.69) is 27.1 Å². The molecule has 0 bridgehead atoms. The maximum Gasteiger partial charge on any atom is 0.510 e. The summed E-state index contributed by atoms with van der Waals surface area (Å²) < 4.78 is 53.5. The predicted octanol–water partition coefficient (Wildman–Crippen LogP) is 4.76. The molecule has 0 fully saturated rings. The molecule has 0 amide bonds. The molecule has 0 saturated heterocycles. The topological polar surface area (TPSA) is 160 Å². The van der Waals surface area contributed by atoms with Gasteiger partial charge < -0.3 is 14.2 Å². The molecule has 1 unspecified atom stereocenters. The molecule has 0 radical (unpaired) electrons. The average Bonchev–Trinajstić information content (AvgIpc) is 2.93. The Morgan fingerprint density at radius 2 is 1.98 bits per heavy atom. The Hall–Kier alpha value is -5.06. The van der Waals surface area contributed by atoms with Gasteiger partial charge in [-0.15, -0.1) is 0 Å². The van der Waals surface area contributed by atoms with Crippen LogP contribution in [0.2, 0.25) is 0 Å². The van der Waals surface area contributed by atoms with Gasteiger partial charge in [0.1, 0.15) is 25.0 Å². The molecular formula is C27H27F3N6O5. The maximum absolute atomic E-state index is 12.9. The number of ether oxygens (including phenoxy) is 3. The number of nitriles is 1. The molecule has 1 atom stereocenters. The predicted molar refractivity (Wildman–Crippen MR) is 142 cm³/mol. The number of carbonyl (C=O) groups is 2. The van der Waals surface area contributed by atoms with Crippen molar-refractivity contribution < 1.29 is 37.0 Å². The van der Waals surface area contributed by atoms with Crippen molar-refractivity contribution in [2.45, 2.75) is 33.2 Å². The smallest absolute Gasteiger partial charge is 0.461 e. The SMILES string of the molecule is C=CCOC(=O)C(C)(C)COC(=O)OC(C)N/N=C(/C#N)C(=N)c1cccc(/C=C/c2nccc(C(F)(F)F)n2)c1. The third-order valence-electron chi connectivity index (χ3n) is 4.97. The van der Waals surface area contributed by atoms with Crippen LogP contribution in [0.1, 0.15) is 43.4 Å². The first-order chi connectivity index (χ1) is 19.3. The minimum absolute atomic E-state index is 0.0116. The fraction of sp³-hybridized carbons (Fsp3) is 0.296. The lowest BCUT2D eigenvalue weighted by Gasteiger charge is -2.22. The van der Waals surface area contributed by atoms with Gasteiger partial charge in [-0.3, -0.25) is 15.6 Å². The summed E-state index contributed by atoms with van der Waals surface area (Å²) in [5, 5.41) is 21.6. The molecule has 1 heterocycles. The van der Waals surface area contributed by atoms with Gasteiger partial charge in [-0.2, -0.15) is 23.5 Å². The van der Waals surface area contributed by atoms with Gasteiger partial charge in [0.15, 0.2) is 17.8 Å². The van der Waals surface area contributed by atoms with E-state index in [1.807, 2.05) is 0 Å². The summed E-state index contributed by atoms with van der Waals surface area (Å²) in [4.78, 5) is 31.2. The van der Waals surface area contributed by atoms with Gasteiger partial charge in [-0.1, -0.05) is 36.9 Å². The van der Waals surface area contributed by atoms with Crippen LogP contribution in [0.3, 0.4) is 0 Å². The summed E-state index contributed by atoms with van der Waals surface area (Å²) >= 11 is 0. The highest BCUT2D eigenvalue weighted by atomic mass is 19.4. The van der Waals surface area contributed by atoms with Crippen molar-refractivity contribution in [3.8, 4) is 6.07 Å². The molecule has 0 saturated carbocycles. The van der Waals surface area contributed by atoms with Gasteiger partial charge >= 0.3 is 18.3 Å². The van der Waals surface area contributed by atoms with Gasteiger partial charge in [0, 0.05) is 11.8 Å². The van der Waals surface area contributed by atoms with E-state index in [1.54, 1.807) is 18.2 Å². The van der Waals surface area contributed by atoms with Crippen LogP contribution in [0.25, 0.3) is 12.2 Å². The molecule has 0 aliphatic carbocycles. The first-order valence-corrected chi connectivity index (χ1v) is 11.9. The van der Waals surface area contributed by atoms with Crippen molar-refractivity contribution in [2.75, 3.05) is 13.2 Å². The Labute approximate surface area is 233 Å². The fourth-order valence-corrected chi connectivity index (χ4v) is 2.84. The number of hydrogen-bond acceptors (Lipinski definition) is 11. The van der Waals surface area contributed by atoms with Crippen molar-refractivity contribution in [3.63, 3.8) is 0 Å². The summed E-state index contributed by atoms with van der Waals surface area (Å²) in [5.74, 6) is -0.755.